The maximum absolute atomic E-state index is 13.3. The number of ketones is 1. The number of hydrogen-bond donors (Lipinski definition) is 3. The van der Waals surface area contributed by atoms with E-state index in [2.05, 4.69) is 21.6 Å². The number of methoxy groups -OCH3 is 1. The number of allylic oxidation sites excluding steroid dienone is 3. The van der Waals surface area contributed by atoms with Crippen LogP contribution in [-0.2, 0) is 9.59 Å². The van der Waals surface area contributed by atoms with E-state index < -0.39 is 11.8 Å². The molecule has 2 aromatic carbocycles. The molecule has 41 heavy (non-hydrogen) atoms. The SMILES string of the molecule is COc1ccccc1C1C(C#N)=C(N)N(c2nnc(SCC(=O)Nc3ccccc3C(N)=O)s2)C2=C1C(=O)CCC2. The predicted molar refractivity (Wildman–Crippen MR) is 155 cm³/mol. The molecular formula is C28H25N7O4S2. The molecule has 11 nitrogen and oxygen atoms in total. The second-order valence-electron chi connectivity index (χ2n) is 9.16. The Kier molecular flexibility index (Phi) is 8.04. The van der Waals surface area contributed by atoms with Crippen LogP contribution in [0.2, 0.25) is 0 Å². The molecule has 5 N–H and O–H groups in total. The van der Waals surface area contributed by atoms with Crippen LogP contribution in [0.5, 0.6) is 5.75 Å². The van der Waals surface area contributed by atoms with Gasteiger partial charge in [0.2, 0.25) is 11.0 Å². The molecule has 1 aliphatic carbocycles. The molecule has 3 aromatic rings. The number of nitriles is 1. The van der Waals surface area contributed by atoms with E-state index in [1.54, 1.807) is 36.3 Å². The highest BCUT2D eigenvalue weighted by atomic mass is 32.2. The lowest BCUT2D eigenvalue weighted by Crippen LogP contribution is -2.38. The molecule has 1 unspecified atom stereocenters. The molecule has 0 fully saturated rings. The summed E-state index contributed by atoms with van der Waals surface area (Å²) in [5.74, 6) is -0.989. The molecule has 0 saturated carbocycles. The number of Topliss-reactive ketones (excluding diaryl/α,β-unsaturated/α-hetero) is 1. The van der Waals surface area contributed by atoms with Crippen LogP contribution in [0.4, 0.5) is 10.8 Å². The second-order valence-corrected chi connectivity index (χ2v) is 11.3. The van der Waals surface area contributed by atoms with Gasteiger partial charge in [0.1, 0.15) is 11.6 Å². The van der Waals surface area contributed by atoms with Crippen LogP contribution < -0.4 is 26.4 Å². The van der Waals surface area contributed by atoms with Gasteiger partial charge in [-0.3, -0.25) is 19.3 Å². The number of carbonyl (C=O) groups excluding carboxylic acids is 3. The first-order valence-corrected chi connectivity index (χ1v) is 14.4. The fourth-order valence-corrected chi connectivity index (χ4v) is 6.67. The first-order chi connectivity index (χ1) is 19.8. The highest BCUT2D eigenvalue weighted by Gasteiger charge is 2.42. The van der Waals surface area contributed by atoms with Gasteiger partial charge >= 0.3 is 0 Å². The molecule has 5 rings (SSSR count). The third-order valence-electron chi connectivity index (χ3n) is 6.74. The van der Waals surface area contributed by atoms with Crippen molar-refractivity contribution in [1.29, 1.82) is 5.26 Å². The zero-order valence-corrected chi connectivity index (χ0v) is 23.6. The van der Waals surface area contributed by atoms with Gasteiger partial charge in [0.25, 0.3) is 5.91 Å². The van der Waals surface area contributed by atoms with Crippen LogP contribution in [0.1, 0.15) is 41.1 Å². The summed E-state index contributed by atoms with van der Waals surface area (Å²) in [6, 6.07) is 16.0. The van der Waals surface area contributed by atoms with Gasteiger partial charge in [-0.25, -0.2) is 0 Å². The number of thioether (sulfide) groups is 1. The maximum atomic E-state index is 13.3. The van der Waals surface area contributed by atoms with E-state index in [0.29, 0.717) is 57.0 Å². The van der Waals surface area contributed by atoms with Crippen molar-refractivity contribution >= 4 is 51.5 Å². The first-order valence-electron chi connectivity index (χ1n) is 12.6. The Bertz CT molecular complexity index is 1660. The molecule has 2 heterocycles. The quantitative estimate of drug-likeness (QED) is 0.329. The van der Waals surface area contributed by atoms with Crippen molar-refractivity contribution in [1.82, 2.24) is 10.2 Å². The molecule has 0 bridgehead atoms. The van der Waals surface area contributed by atoms with Gasteiger partial charge in [-0.15, -0.1) is 10.2 Å². The van der Waals surface area contributed by atoms with Crippen LogP contribution >= 0.6 is 23.1 Å². The van der Waals surface area contributed by atoms with Crippen LogP contribution in [0.15, 0.2) is 75.5 Å². The van der Waals surface area contributed by atoms with Crippen molar-refractivity contribution in [3.05, 3.63) is 82.3 Å². The van der Waals surface area contributed by atoms with Crippen molar-refractivity contribution in [3.8, 4) is 11.8 Å². The minimum absolute atomic E-state index is 0.00119. The number of para-hydroxylation sites is 2. The Morgan fingerprint density at radius 2 is 1.95 bits per heavy atom. The summed E-state index contributed by atoms with van der Waals surface area (Å²) >= 11 is 2.35. The number of ether oxygens (including phenoxy) is 1. The Morgan fingerprint density at radius 1 is 1.20 bits per heavy atom. The number of nitrogens with zero attached hydrogens (tertiary/aromatic N) is 4. The van der Waals surface area contributed by atoms with Crippen molar-refractivity contribution in [2.24, 2.45) is 11.5 Å². The van der Waals surface area contributed by atoms with E-state index in [1.165, 1.54) is 17.4 Å². The minimum atomic E-state index is -0.663. The predicted octanol–water partition coefficient (Wildman–Crippen LogP) is 3.68. The lowest BCUT2D eigenvalue weighted by molar-refractivity contribution is -0.116. The van der Waals surface area contributed by atoms with Crippen LogP contribution in [0, 0.1) is 11.3 Å². The number of nitrogens with one attached hydrogen (secondary N) is 1. The van der Waals surface area contributed by atoms with E-state index in [9.17, 15) is 19.6 Å². The number of primary amides is 1. The van der Waals surface area contributed by atoms with Gasteiger partial charge in [0.05, 0.1) is 41.7 Å². The summed E-state index contributed by atoms with van der Waals surface area (Å²) in [6.45, 7) is 0. The maximum Gasteiger partial charge on any atom is 0.250 e. The van der Waals surface area contributed by atoms with Crippen LogP contribution in [0.25, 0.3) is 0 Å². The van der Waals surface area contributed by atoms with Crippen LogP contribution in [0.3, 0.4) is 0 Å². The van der Waals surface area contributed by atoms with E-state index in [1.807, 2.05) is 18.2 Å². The average molecular weight is 588 g/mol. The fraction of sp³-hybridized carbons (Fsp3) is 0.214. The number of amides is 2. The van der Waals surface area contributed by atoms with E-state index >= 15 is 0 Å². The molecule has 208 valence electrons. The minimum Gasteiger partial charge on any atom is -0.496 e. The van der Waals surface area contributed by atoms with Gasteiger partial charge in [0.15, 0.2) is 10.1 Å². The second kappa shape index (κ2) is 11.8. The van der Waals surface area contributed by atoms with Gasteiger partial charge < -0.3 is 21.5 Å². The zero-order chi connectivity index (χ0) is 29.1. The van der Waals surface area contributed by atoms with E-state index in [4.69, 9.17) is 16.2 Å². The molecule has 1 atom stereocenters. The number of aromatic nitrogens is 2. The fourth-order valence-electron chi connectivity index (χ4n) is 4.99. The molecule has 13 heteroatoms. The van der Waals surface area contributed by atoms with Crippen LogP contribution in [-0.4, -0.2) is 40.7 Å². The monoisotopic (exact) mass is 587 g/mol. The zero-order valence-electron chi connectivity index (χ0n) is 21.9. The lowest BCUT2D eigenvalue weighted by Gasteiger charge is -2.38. The summed E-state index contributed by atoms with van der Waals surface area (Å²) in [7, 11) is 1.54. The number of anilines is 2. The number of carbonyl (C=O) groups is 3. The summed E-state index contributed by atoms with van der Waals surface area (Å²) in [4.78, 5) is 39.2. The van der Waals surface area contributed by atoms with E-state index in [0.717, 1.165) is 11.8 Å². The highest BCUT2D eigenvalue weighted by molar-refractivity contribution is 8.01. The number of benzene rings is 2. The van der Waals surface area contributed by atoms with Crippen molar-refractivity contribution in [2.45, 2.75) is 29.5 Å². The number of nitrogens with two attached hydrogens (primary N) is 2. The van der Waals surface area contributed by atoms with E-state index in [-0.39, 0.29) is 34.4 Å². The summed E-state index contributed by atoms with van der Waals surface area (Å²) in [5.41, 5.74) is 14.6. The lowest BCUT2D eigenvalue weighted by atomic mass is 9.75. The Balaban J connectivity index is 1.43. The third kappa shape index (κ3) is 5.39. The summed E-state index contributed by atoms with van der Waals surface area (Å²) < 4.78 is 6.05. The largest absolute Gasteiger partial charge is 0.496 e. The van der Waals surface area contributed by atoms with Crippen molar-refractivity contribution < 1.29 is 19.1 Å². The number of rotatable bonds is 8. The molecule has 0 spiro atoms. The topological polar surface area (TPSA) is 177 Å². The smallest absolute Gasteiger partial charge is 0.250 e. The first kappa shape index (κ1) is 27.9. The summed E-state index contributed by atoms with van der Waals surface area (Å²) in [5, 5.41) is 21.8. The Labute approximate surface area is 243 Å². The molecular weight excluding hydrogens is 562 g/mol. The van der Waals surface area contributed by atoms with Gasteiger partial charge in [-0.2, -0.15) is 5.26 Å². The van der Waals surface area contributed by atoms with Crippen molar-refractivity contribution in [2.75, 3.05) is 23.1 Å². The molecule has 1 aromatic heterocycles. The third-order valence-corrected chi connectivity index (χ3v) is 8.79. The number of hydrogen-bond acceptors (Lipinski definition) is 11. The molecule has 1 aliphatic heterocycles. The molecule has 0 saturated heterocycles. The molecule has 2 aliphatic rings. The Morgan fingerprint density at radius 3 is 2.71 bits per heavy atom. The summed E-state index contributed by atoms with van der Waals surface area (Å²) in [6.07, 6.45) is 1.56. The van der Waals surface area contributed by atoms with Gasteiger partial charge in [-0.05, 0) is 31.0 Å². The normalized spacial score (nSPS) is 16.7. The molecule has 2 amide bonds. The van der Waals surface area contributed by atoms with Crippen molar-refractivity contribution in [3.63, 3.8) is 0 Å². The Hall–Kier alpha value is -4.67. The average Bonchev–Trinajstić information content (AvgIpc) is 3.44. The highest BCUT2D eigenvalue weighted by Crippen LogP contribution is 2.48. The molecule has 0 radical (unpaired) electrons. The van der Waals surface area contributed by atoms with Gasteiger partial charge in [-0.1, -0.05) is 53.4 Å². The van der Waals surface area contributed by atoms with Gasteiger partial charge in [0, 0.05) is 23.3 Å². The standard InChI is InChI=1S/C28H25N7O4S2/c1-39-21-12-5-3-8-16(21)23-17(13-29)25(30)35(19-10-6-11-20(36)24(19)23)27-33-34-28(41-27)40-14-22(37)32-18-9-4-2-7-15(18)26(31)38/h2-5,7-9,12,23H,6,10-11,14,30H2,1H3,(H2,31,38)(H,32,37).